The molecule has 9 aliphatic rings. The maximum atomic E-state index is 13.2. The Labute approximate surface area is 697 Å². The van der Waals surface area contributed by atoms with Crippen LogP contribution in [0.25, 0.3) is 0 Å². The van der Waals surface area contributed by atoms with Gasteiger partial charge in [-0.3, -0.25) is 22.8 Å². The van der Waals surface area contributed by atoms with Gasteiger partial charge in [-0.1, -0.05) is 0 Å². The number of aliphatic hydroxyl groups excluding tert-OH is 15. The van der Waals surface area contributed by atoms with Gasteiger partial charge in [0.1, 0.15) is 159 Å². The van der Waals surface area contributed by atoms with Crippen molar-refractivity contribution in [2.75, 3.05) is 26.4 Å². The summed E-state index contributed by atoms with van der Waals surface area (Å²) >= 11 is 0. The van der Waals surface area contributed by atoms with Crippen LogP contribution in [0.1, 0.15) is 0 Å². The summed E-state index contributed by atoms with van der Waals surface area (Å²) in [7, 11) is -28.6. The Bertz CT molecular complexity index is 4310. The Balaban J connectivity index is 0.909. The number of ether oxygens (including phenoxy) is 17. The molecule has 0 amide bonds. The summed E-state index contributed by atoms with van der Waals surface area (Å²) in [6.07, 6.45) is -105. The van der Waals surface area contributed by atoms with Gasteiger partial charge in [0.05, 0.1) is 50.6 Å². The van der Waals surface area contributed by atoms with Crippen molar-refractivity contribution in [3.8, 4) is 0 Å². The Morgan fingerprint density at radius 2 is 0.456 bits per heavy atom. The largest absolute Gasteiger partial charge is 0.479 e. The number of aliphatic carboxylic acids is 5. The van der Waals surface area contributed by atoms with E-state index < -0.39 is 384 Å². The Morgan fingerprint density at radius 3 is 0.720 bits per heavy atom. The van der Waals surface area contributed by atoms with Gasteiger partial charge in [0.25, 0.3) is 0 Å². The van der Waals surface area contributed by atoms with Crippen LogP contribution in [0.5, 0.6) is 0 Å². The molecule has 71 heteroatoms. The molecule has 0 aromatic heterocycles. The maximum Gasteiger partial charge on any atom is 0.397 e. The molecule has 0 saturated carbocycles. The highest BCUT2D eigenvalue weighted by Crippen LogP contribution is 2.41. The first-order valence-electron chi connectivity index (χ1n) is 35.2. The van der Waals surface area contributed by atoms with Crippen LogP contribution in [0.2, 0.25) is 0 Å². The summed E-state index contributed by atoms with van der Waals surface area (Å²) in [5.41, 5.74) is 24.7. The van der Waals surface area contributed by atoms with Crippen molar-refractivity contribution in [3.05, 3.63) is 0 Å². The van der Waals surface area contributed by atoms with Gasteiger partial charge in [-0.25, -0.2) is 44.9 Å². The Kier molecular flexibility index (Phi) is 34.3. The number of hydrogen-bond donors (Lipinski definition) is 29. The standard InChI is InChI=1S/C54H86N4O62S5/c55-9-14(60)28(6(2-100-122(87,88)89)103-47(9)112-31-19(65)22(68)46(83)107-37(31)42(75)76)109-52-25(71)21(67)33(39(118-52)44(79)80)114-49-12(58)16(62)30(8(106-49)4-102-124(93,94)95)111-54-36(120-125(96,97)98)26(72)34(40(119-54)45(81)82)115-50-11(57)15(61)29(7(105-50)3-101-123(90,91)92)110-53-24(70)20(66)32(38(117-53)43(77)78)113-48-10(56)13(59)27(5(104-48)1-99-121(84,85)86)108-51-23(69)17(63)18(64)35(116-51)41(73)74/h5-40,46-54,59-72,83H,1-4,55-58H2,(H,73,74)(H,75,76)(H,77,78)(H,79,80)(H,81,82)(H,84,85,86)(H,87,88,89)(H,90,91,92)(H,93,94,95)(H,96,97,98)/t5-,6-,7-,8-,9-,10-,11-,12-,13-,14-,15-,16-,17+,18+,19-,20-,21-,22-,23-,24-,25-,26+,27-,28-,29-,30-,31+,32+,33+,34+,35+,36-,37+,38+,39+,40-,46+,47+,48+,49+,50+,51+,52+,53+,54-/m1/s1. The zero-order valence-electron chi connectivity index (χ0n) is 61.9. The number of carbonyl (C=O) groups is 5. The van der Waals surface area contributed by atoms with Gasteiger partial charge in [-0.2, -0.15) is 42.1 Å². The van der Waals surface area contributed by atoms with Crippen molar-refractivity contribution in [3.63, 3.8) is 0 Å². The normalized spacial score (nSPS) is 45.8. The minimum atomic E-state index is -6.13. The summed E-state index contributed by atoms with van der Waals surface area (Å²) in [6.45, 7) is -6.39. The number of rotatable bonds is 35. The lowest BCUT2D eigenvalue weighted by molar-refractivity contribution is -0.380. The first kappa shape index (κ1) is 104. The predicted molar refractivity (Wildman–Crippen MR) is 360 cm³/mol. The van der Waals surface area contributed by atoms with E-state index in [0.29, 0.717) is 0 Å². The molecule has 0 unspecified atom stereocenters. The fraction of sp³-hybridized carbons (Fsp3) is 0.907. The van der Waals surface area contributed by atoms with E-state index in [1.807, 2.05) is 0 Å². The summed E-state index contributed by atoms with van der Waals surface area (Å²) in [4.78, 5) is 62.9. The summed E-state index contributed by atoms with van der Waals surface area (Å²) in [5.74, 6) is -10.7. The fourth-order valence-electron chi connectivity index (χ4n) is 13.8. The lowest BCUT2D eigenvalue weighted by Gasteiger charge is -2.50. The number of aliphatic hydroxyl groups is 15. The molecule has 9 aliphatic heterocycles. The van der Waals surface area contributed by atoms with E-state index in [1.165, 1.54) is 0 Å². The molecule has 0 bridgehead atoms. The van der Waals surface area contributed by atoms with Crippen molar-refractivity contribution in [1.82, 2.24) is 0 Å². The van der Waals surface area contributed by atoms with Crippen molar-refractivity contribution >= 4 is 81.8 Å². The minimum absolute atomic E-state index is 1.48. The van der Waals surface area contributed by atoms with E-state index in [2.05, 4.69) is 20.9 Å². The van der Waals surface area contributed by atoms with Crippen LogP contribution >= 0.6 is 0 Å². The number of hydrogen-bond acceptors (Lipinski definition) is 56. The smallest absolute Gasteiger partial charge is 0.397 e. The van der Waals surface area contributed by atoms with Crippen LogP contribution in [-0.2, 0) is 177 Å². The molecule has 9 heterocycles. The third kappa shape index (κ3) is 25.0. The minimum Gasteiger partial charge on any atom is -0.479 e. The topological polar surface area (TPSA) is 1070 Å². The van der Waals surface area contributed by atoms with Gasteiger partial charge in [-0.15, -0.1) is 0 Å². The third-order valence-electron chi connectivity index (χ3n) is 19.9. The van der Waals surface area contributed by atoms with Crippen molar-refractivity contribution in [2.24, 2.45) is 22.9 Å². The van der Waals surface area contributed by atoms with Crippen LogP contribution in [-0.4, -0.2) is 499 Å². The quantitative estimate of drug-likeness (QED) is 0.0262. The third-order valence-corrected chi connectivity index (χ3v) is 22.1. The summed E-state index contributed by atoms with van der Waals surface area (Å²) in [6, 6.07) is -9.17. The number of carboxylic acids is 5. The second-order valence-corrected chi connectivity index (χ2v) is 33.7. The zero-order chi connectivity index (χ0) is 93.8. The highest BCUT2D eigenvalue weighted by atomic mass is 32.3. The van der Waals surface area contributed by atoms with Gasteiger partial charge in [0, 0.05) is 0 Å². The molecule has 9 saturated heterocycles. The molecule has 0 radical (unpaired) electrons. The molecular formula is C54H86N4O62S5. The van der Waals surface area contributed by atoms with Gasteiger partial charge in [0.2, 0.25) is 0 Å². The summed E-state index contributed by atoms with van der Waals surface area (Å²) in [5, 5.41) is 217. The molecule has 724 valence electrons. The van der Waals surface area contributed by atoms with E-state index in [-0.39, 0.29) is 0 Å². The molecule has 9 rings (SSSR count). The van der Waals surface area contributed by atoms with Crippen LogP contribution in [0, 0.1) is 0 Å². The van der Waals surface area contributed by atoms with Crippen LogP contribution < -0.4 is 22.9 Å². The Hall–Kier alpha value is -4.74. The van der Waals surface area contributed by atoms with Crippen molar-refractivity contribution in [1.29, 1.82) is 0 Å². The van der Waals surface area contributed by atoms with Gasteiger partial charge in [0.15, 0.2) is 93.2 Å². The molecule has 0 spiro atoms. The van der Waals surface area contributed by atoms with E-state index in [9.17, 15) is 191 Å². The lowest BCUT2D eigenvalue weighted by Crippen LogP contribution is -2.70. The van der Waals surface area contributed by atoms with Gasteiger partial charge < -0.3 is 206 Å². The molecule has 66 nitrogen and oxygen atoms in total. The van der Waals surface area contributed by atoms with Gasteiger partial charge >= 0.3 is 81.8 Å². The van der Waals surface area contributed by atoms with Gasteiger partial charge in [-0.05, 0) is 0 Å². The van der Waals surface area contributed by atoms with E-state index in [4.69, 9.17) is 103 Å². The first-order chi connectivity index (χ1) is 57.6. The molecule has 33 N–H and O–H groups in total. The Morgan fingerprint density at radius 1 is 0.232 bits per heavy atom. The molecule has 125 heavy (non-hydrogen) atoms. The molecule has 0 aromatic rings. The number of nitrogens with two attached hydrogens (primary N) is 4. The second-order valence-electron chi connectivity index (χ2n) is 28.3. The monoisotopic (exact) mass is 1940 g/mol. The molecule has 0 aromatic carbocycles. The SMILES string of the molecule is N[C@H]1[C@H](O[C@H]2[C@H](O)[C@@H](O)[C@@H](O[C@H]3[C@H](O)[C@@H](N)[C@H](O[C@H]4[C@H](O)[C@@H](OS(=O)(=O)O)[C@H](O[C@H]5[C@H](O)[C@@H](N)[C@H](O[C@H]6[C@H](O)[C@@H](O)[C@@H](O[C@H]7[C@H](O)[C@@H](N)[C@H](O[C@H]8[C@H](O)[C@@H](O)[C@@H](O)O[C@@H]8C(=O)O)O[C@@H]7COS(=O)(=O)O)O[C@@H]6C(=O)O)O[C@@H]5COS(=O)(=O)O)O[C@H]4C(=O)O)O[C@@H]3COS(=O)(=O)O)O[C@@H]2C(=O)O)O[C@H](COS(=O)(=O)O)[C@@H](O[C@H]2O[C@H](C(=O)O)[C@@H](O)[C@H](O)[C@H]2O)[C@@H]1O. The average molecular weight is 1940 g/mol. The highest BCUT2D eigenvalue weighted by Gasteiger charge is 2.63. The first-order valence-corrected chi connectivity index (χ1v) is 42.1. The second kappa shape index (κ2) is 41.2. The molecule has 45 atom stereocenters. The summed E-state index contributed by atoms with van der Waals surface area (Å²) < 4.78 is 283. The highest BCUT2D eigenvalue weighted by molar-refractivity contribution is 7.81. The molecular weight excluding hydrogens is 1860 g/mol. The van der Waals surface area contributed by atoms with E-state index in [0.717, 1.165) is 0 Å². The van der Waals surface area contributed by atoms with Crippen LogP contribution in [0.15, 0.2) is 0 Å². The number of carboxylic acid groups (broad SMARTS) is 5. The van der Waals surface area contributed by atoms with Crippen molar-refractivity contribution in [2.45, 2.75) is 276 Å². The fourth-order valence-corrected chi connectivity index (χ4v) is 15.5. The lowest BCUT2D eigenvalue weighted by atomic mass is 9.94. The zero-order valence-corrected chi connectivity index (χ0v) is 66.0. The van der Waals surface area contributed by atoms with Crippen molar-refractivity contribution < 1.29 is 292 Å². The van der Waals surface area contributed by atoms with E-state index in [1.54, 1.807) is 0 Å². The molecule has 9 fully saturated rings. The van der Waals surface area contributed by atoms with Crippen LogP contribution in [0.4, 0.5) is 0 Å². The van der Waals surface area contributed by atoms with Crippen LogP contribution in [0.3, 0.4) is 0 Å². The maximum absolute atomic E-state index is 13.2. The average Bonchev–Trinajstić information content (AvgIpc) is 0.751. The molecule has 0 aliphatic carbocycles. The predicted octanol–water partition coefficient (Wildman–Crippen LogP) is -21.2. The van der Waals surface area contributed by atoms with E-state index >= 15 is 0 Å².